The lowest BCUT2D eigenvalue weighted by Crippen LogP contribution is -2.55. The van der Waals surface area contributed by atoms with Gasteiger partial charge in [0.15, 0.2) is 0 Å². The topological polar surface area (TPSA) is 55.6 Å². The monoisotopic (exact) mass is 460 g/mol. The van der Waals surface area contributed by atoms with Gasteiger partial charge in [-0.15, -0.1) is 0 Å². The molecule has 1 saturated heterocycles. The molecule has 4 saturated carbocycles. The summed E-state index contributed by atoms with van der Waals surface area (Å²) in [4.78, 5) is 14.3. The molecule has 5 aliphatic rings. The number of nitrogens with zero attached hydrogens (tertiary/aromatic N) is 2. The molecule has 0 aromatic heterocycles. The van der Waals surface area contributed by atoms with Gasteiger partial charge in [-0.1, -0.05) is 44.9 Å². The van der Waals surface area contributed by atoms with Crippen molar-refractivity contribution in [2.24, 2.45) is 35.5 Å². The maximum atomic E-state index is 11.7. The summed E-state index contributed by atoms with van der Waals surface area (Å²) >= 11 is 0. The van der Waals surface area contributed by atoms with E-state index in [1.807, 2.05) is 0 Å². The molecule has 5 heteroatoms. The maximum absolute atomic E-state index is 11.7. The second-order valence-corrected chi connectivity index (χ2v) is 12.6. The van der Waals surface area contributed by atoms with Crippen LogP contribution in [0.15, 0.2) is 0 Å². The van der Waals surface area contributed by atoms with Crippen molar-refractivity contribution in [2.45, 2.75) is 121 Å². The van der Waals surface area contributed by atoms with Crippen molar-refractivity contribution < 1.29 is 9.66 Å². The van der Waals surface area contributed by atoms with Gasteiger partial charge in [0, 0.05) is 24.5 Å². The fraction of sp³-hybridized carbons (Fsp3) is 1.00. The number of nitro groups is 1. The Morgan fingerprint density at radius 3 is 2.00 bits per heavy atom. The molecule has 5 fully saturated rings. The molecular weight excluding hydrogens is 412 g/mol. The third-order valence-corrected chi connectivity index (χ3v) is 10.7. The highest BCUT2D eigenvalue weighted by molar-refractivity contribution is 4.99. The molecular formula is C28H48N2O3. The van der Waals surface area contributed by atoms with E-state index in [1.165, 1.54) is 103 Å². The van der Waals surface area contributed by atoms with Crippen LogP contribution in [-0.2, 0) is 4.74 Å². The van der Waals surface area contributed by atoms with Gasteiger partial charge in [-0.2, -0.15) is 0 Å². The van der Waals surface area contributed by atoms with E-state index in [-0.39, 0.29) is 11.0 Å². The van der Waals surface area contributed by atoms with Gasteiger partial charge in [-0.3, -0.25) is 15.0 Å². The Hall–Kier alpha value is -0.680. The standard InChI is InChI=1S/C28H48N2O3/c1-33-28-19-26(25(24-11-12-24)18-27(28)30(31)32)29-15-13-23(14-16-29)22-9-7-21(8-10-22)17-20-5-3-2-4-6-20/h20-28H,2-19H2,1H3. The van der Waals surface area contributed by atoms with Crippen molar-refractivity contribution >= 4 is 0 Å². The molecule has 1 heterocycles. The van der Waals surface area contributed by atoms with Gasteiger partial charge in [0.1, 0.15) is 6.10 Å². The summed E-state index contributed by atoms with van der Waals surface area (Å²) < 4.78 is 5.65. The Bertz CT molecular complexity index is 631. The average molecular weight is 461 g/mol. The van der Waals surface area contributed by atoms with Crippen LogP contribution in [0, 0.1) is 45.6 Å². The highest BCUT2D eigenvalue weighted by Gasteiger charge is 2.50. The van der Waals surface area contributed by atoms with E-state index < -0.39 is 6.04 Å². The largest absolute Gasteiger partial charge is 0.374 e. The summed E-state index contributed by atoms with van der Waals surface area (Å²) in [5.41, 5.74) is 0. The summed E-state index contributed by atoms with van der Waals surface area (Å²) in [7, 11) is 1.67. The van der Waals surface area contributed by atoms with Crippen LogP contribution in [-0.4, -0.2) is 48.2 Å². The Labute approximate surface area is 201 Å². The Morgan fingerprint density at radius 1 is 0.788 bits per heavy atom. The van der Waals surface area contributed by atoms with E-state index in [9.17, 15) is 10.1 Å². The van der Waals surface area contributed by atoms with E-state index in [0.717, 1.165) is 42.4 Å². The first-order valence-corrected chi connectivity index (χ1v) is 14.5. The first-order valence-electron chi connectivity index (χ1n) is 14.5. The Kier molecular flexibility index (Phi) is 7.96. The van der Waals surface area contributed by atoms with Crippen LogP contribution in [0.3, 0.4) is 0 Å². The number of piperidine rings is 1. The number of methoxy groups -OCH3 is 1. The molecule has 5 rings (SSSR count). The number of likely N-dealkylation sites (tertiary alicyclic amines) is 1. The minimum atomic E-state index is -0.502. The molecule has 4 aliphatic carbocycles. The summed E-state index contributed by atoms with van der Waals surface area (Å²) in [5, 5.41) is 11.7. The van der Waals surface area contributed by atoms with Gasteiger partial charge in [0.2, 0.25) is 6.04 Å². The van der Waals surface area contributed by atoms with E-state index in [4.69, 9.17) is 4.74 Å². The molecule has 4 unspecified atom stereocenters. The Morgan fingerprint density at radius 2 is 1.39 bits per heavy atom. The van der Waals surface area contributed by atoms with Gasteiger partial charge in [-0.25, -0.2) is 0 Å². The first kappa shape index (κ1) is 24.0. The fourth-order valence-corrected chi connectivity index (χ4v) is 8.60. The van der Waals surface area contributed by atoms with Crippen LogP contribution in [0.4, 0.5) is 0 Å². The smallest absolute Gasteiger partial charge is 0.239 e. The lowest BCUT2D eigenvalue weighted by atomic mass is 9.69. The molecule has 0 N–H and O–H groups in total. The van der Waals surface area contributed by atoms with Crippen molar-refractivity contribution in [1.29, 1.82) is 0 Å². The molecule has 0 spiro atoms. The van der Waals surface area contributed by atoms with Crippen molar-refractivity contribution in [3.05, 3.63) is 10.1 Å². The summed E-state index contributed by atoms with van der Waals surface area (Å²) in [5.74, 6) is 5.19. The second-order valence-electron chi connectivity index (χ2n) is 12.6. The van der Waals surface area contributed by atoms with E-state index in [0.29, 0.717) is 12.0 Å². The maximum Gasteiger partial charge on any atom is 0.239 e. The molecule has 5 nitrogen and oxygen atoms in total. The van der Waals surface area contributed by atoms with Crippen molar-refractivity contribution in [1.82, 2.24) is 4.90 Å². The predicted octanol–water partition coefficient (Wildman–Crippen LogP) is 6.32. The number of hydrogen-bond acceptors (Lipinski definition) is 4. The minimum Gasteiger partial charge on any atom is -0.374 e. The molecule has 4 atom stereocenters. The molecule has 188 valence electrons. The van der Waals surface area contributed by atoms with E-state index in [1.54, 1.807) is 7.11 Å². The van der Waals surface area contributed by atoms with Crippen molar-refractivity contribution in [2.75, 3.05) is 20.2 Å². The number of hydrogen-bond donors (Lipinski definition) is 0. The molecule has 0 aromatic carbocycles. The molecule has 0 aromatic rings. The quantitative estimate of drug-likeness (QED) is 0.329. The van der Waals surface area contributed by atoms with Gasteiger partial charge in [-0.05, 0) is 100.0 Å². The molecule has 0 amide bonds. The fourth-order valence-electron chi connectivity index (χ4n) is 8.60. The SMILES string of the molecule is COC1CC(N2CCC(C3CCC(CC4CCCCC4)CC3)CC2)C(C2CC2)CC1[N+](=O)[O-]. The molecule has 1 aliphatic heterocycles. The van der Waals surface area contributed by atoms with Gasteiger partial charge in [0.25, 0.3) is 0 Å². The summed E-state index contributed by atoms with van der Waals surface area (Å²) in [6.45, 7) is 2.42. The summed E-state index contributed by atoms with van der Waals surface area (Å²) in [6, 6.07) is 0.00372. The zero-order valence-corrected chi connectivity index (χ0v) is 21.0. The summed E-state index contributed by atoms with van der Waals surface area (Å²) in [6.07, 6.45) is 21.6. The predicted molar refractivity (Wildman–Crippen MR) is 132 cm³/mol. The second kappa shape index (κ2) is 10.9. The Balaban J connectivity index is 1.10. The third kappa shape index (κ3) is 5.77. The lowest BCUT2D eigenvalue weighted by molar-refractivity contribution is -0.541. The third-order valence-electron chi connectivity index (χ3n) is 10.7. The van der Waals surface area contributed by atoms with Gasteiger partial charge in [0.05, 0.1) is 0 Å². The molecule has 0 radical (unpaired) electrons. The van der Waals surface area contributed by atoms with E-state index >= 15 is 0 Å². The van der Waals surface area contributed by atoms with Gasteiger partial charge >= 0.3 is 0 Å². The van der Waals surface area contributed by atoms with Crippen LogP contribution in [0.2, 0.25) is 0 Å². The minimum absolute atomic E-state index is 0.0589. The van der Waals surface area contributed by atoms with Crippen LogP contribution in [0.1, 0.15) is 103 Å². The van der Waals surface area contributed by atoms with Crippen LogP contribution in [0.25, 0.3) is 0 Å². The highest BCUT2D eigenvalue weighted by Crippen LogP contribution is 2.48. The lowest BCUT2D eigenvalue weighted by Gasteiger charge is -2.47. The van der Waals surface area contributed by atoms with Crippen LogP contribution >= 0.6 is 0 Å². The normalized spacial score (nSPS) is 40.0. The number of ether oxygens (including phenoxy) is 1. The van der Waals surface area contributed by atoms with Crippen molar-refractivity contribution in [3.8, 4) is 0 Å². The highest BCUT2D eigenvalue weighted by atomic mass is 16.6. The zero-order valence-electron chi connectivity index (χ0n) is 21.0. The van der Waals surface area contributed by atoms with E-state index in [2.05, 4.69) is 4.90 Å². The first-order chi connectivity index (χ1) is 16.1. The van der Waals surface area contributed by atoms with Crippen LogP contribution < -0.4 is 0 Å². The van der Waals surface area contributed by atoms with Gasteiger partial charge < -0.3 is 4.74 Å². The molecule has 33 heavy (non-hydrogen) atoms. The number of rotatable bonds is 7. The zero-order chi connectivity index (χ0) is 22.8. The van der Waals surface area contributed by atoms with Crippen LogP contribution in [0.5, 0.6) is 0 Å². The molecule has 0 bridgehead atoms. The van der Waals surface area contributed by atoms with Crippen molar-refractivity contribution in [3.63, 3.8) is 0 Å². The average Bonchev–Trinajstić information content (AvgIpc) is 3.70.